The molecule has 0 bridgehead atoms. The molecule has 120 valence electrons. The van der Waals surface area contributed by atoms with E-state index >= 15 is 0 Å². The third-order valence-corrected chi connectivity index (χ3v) is 3.10. The van der Waals surface area contributed by atoms with Gasteiger partial charge in [0.15, 0.2) is 11.6 Å². The first kappa shape index (κ1) is 6.36. The van der Waals surface area contributed by atoms with Gasteiger partial charge in [0.1, 0.15) is 0 Å². The molecule has 0 atom stereocenters. The van der Waals surface area contributed by atoms with Gasteiger partial charge in [0.25, 0.3) is 0 Å². The maximum absolute atomic E-state index is 8.75. The van der Waals surface area contributed by atoms with E-state index in [1.165, 1.54) is 0 Å². The SMILES string of the molecule is [2H]c1c([2H])c([2H])c(-c2nc(Cl)nc(-c3c([2H])c([2H])c([2H])c(-c4c([2H])c([2H])c([2H])c([2H])c4[2H])c3[2H])n2)c([2H])c1[2H]. The highest BCUT2D eigenvalue weighted by atomic mass is 35.5. The molecule has 0 N–H and O–H groups in total. The van der Waals surface area contributed by atoms with Gasteiger partial charge in [0, 0.05) is 11.1 Å². The molecule has 1 aromatic heterocycles. The summed E-state index contributed by atoms with van der Waals surface area (Å²) in [7, 11) is 0. The second-order valence-electron chi connectivity index (χ2n) is 4.50. The zero-order valence-corrected chi connectivity index (χ0v) is 13.0. The van der Waals surface area contributed by atoms with Gasteiger partial charge in [-0.2, -0.15) is 9.97 Å². The molecule has 0 fully saturated rings. The number of hydrogen-bond donors (Lipinski definition) is 0. The highest BCUT2D eigenvalue weighted by molar-refractivity contribution is 6.28. The topological polar surface area (TPSA) is 38.7 Å². The average Bonchev–Trinajstić information content (AvgIpc) is 2.89. The lowest BCUT2D eigenvalue weighted by atomic mass is 10.0. The summed E-state index contributed by atoms with van der Waals surface area (Å²) in [5.41, 5.74) is -2.06. The summed E-state index contributed by atoms with van der Waals surface area (Å²) < 4.78 is 114. The first-order valence-corrected chi connectivity index (χ1v) is 7.16. The van der Waals surface area contributed by atoms with E-state index < -0.39 is 124 Å². The van der Waals surface area contributed by atoms with Crippen LogP contribution in [0.3, 0.4) is 0 Å². The van der Waals surface area contributed by atoms with Crippen LogP contribution < -0.4 is 0 Å². The van der Waals surface area contributed by atoms with Crippen molar-refractivity contribution < 1.29 is 19.2 Å². The van der Waals surface area contributed by atoms with Crippen molar-refractivity contribution in [1.29, 1.82) is 0 Å². The van der Waals surface area contributed by atoms with Crippen molar-refractivity contribution in [2.45, 2.75) is 0 Å². The molecule has 0 saturated carbocycles. The lowest BCUT2D eigenvalue weighted by molar-refractivity contribution is 1.07. The lowest BCUT2D eigenvalue weighted by Gasteiger charge is -2.07. The van der Waals surface area contributed by atoms with Gasteiger partial charge in [-0.05, 0) is 28.8 Å². The molecular formula is C21H14ClN3. The van der Waals surface area contributed by atoms with Crippen LogP contribution in [0.5, 0.6) is 0 Å². The molecule has 25 heavy (non-hydrogen) atoms. The largest absolute Gasteiger partial charge is 0.226 e. The van der Waals surface area contributed by atoms with Crippen LogP contribution in [0.4, 0.5) is 0 Å². The van der Waals surface area contributed by atoms with E-state index in [2.05, 4.69) is 15.0 Å². The van der Waals surface area contributed by atoms with E-state index in [1.54, 1.807) is 0 Å². The van der Waals surface area contributed by atoms with E-state index in [0.29, 0.717) is 0 Å². The van der Waals surface area contributed by atoms with Gasteiger partial charge in [0.05, 0.1) is 19.2 Å². The Morgan fingerprint density at radius 3 is 1.76 bits per heavy atom. The van der Waals surface area contributed by atoms with Gasteiger partial charge in [-0.15, -0.1) is 0 Å². The van der Waals surface area contributed by atoms with Gasteiger partial charge in [0.2, 0.25) is 5.28 Å². The van der Waals surface area contributed by atoms with E-state index in [-0.39, 0.29) is 0 Å². The van der Waals surface area contributed by atoms with Gasteiger partial charge in [-0.1, -0.05) is 78.6 Å². The summed E-state index contributed by atoms with van der Waals surface area (Å²) in [5.74, 6) is -1.03. The van der Waals surface area contributed by atoms with Crippen LogP contribution in [0.1, 0.15) is 19.2 Å². The number of nitrogens with zero attached hydrogens (tertiary/aromatic N) is 3. The molecule has 3 nitrogen and oxygen atoms in total. The zero-order chi connectivity index (χ0) is 29.2. The predicted molar refractivity (Wildman–Crippen MR) is 101 cm³/mol. The van der Waals surface area contributed by atoms with Gasteiger partial charge >= 0.3 is 0 Å². The van der Waals surface area contributed by atoms with Crippen molar-refractivity contribution in [1.82, 2.24) is 15.0 Å². The van der Waals surface area contributed by atoms with Crippen molar-refractivity contribution in [3.63, 3.8) is 0 Å². The van der Waals surface area contributed by atoms with Crippen molar-refractivity contribution >= 4 is 11.6 Å². The first-order valence-electron chi connectivity index (χ1n) is 13.8. The minimum atomic E-state index is -0.774. The van der Waals surface area contributed by atoms with Crippen LogP contribution >= 0.6 is 11.6 Å². The highest BCUT2D eigenvalue weighted by Crippen LogP contribution is 2.26. The van der Waals surface area contributed by atoms with E-state index in [0.717, 1.165) is 0 Å². The second kappa shape index (κ2) is 6.83. The molecule has 0 aliphatic carbocycles. The second-order valence-corrected chi connectivity index (χ2v) is 4.84. The van der Waals surface area contributed by atoms with Crippen LogP contribution in [0, 0.1) is 0 Å². The number of benzene rings is 3. The van der Waals surface area contributed by atoms with Gasteiger partial charge in [-0.25, -0.2) is 4.98 Å². The Hall–Kier alpha value is -3.04. The monoisotopic (exact) mass is 357 g/mol. The molecule has 4 heteroatoms. The zero-order valence-electron chi connectivity index (χ0n) is 26.2. The first-order chi connectivity index (χ1) is 18.1. The minimum Gasteiger partial charge on any atom is -0.208 e. The Morgan fingerprint density at radius 1 is 0.560 bits per heavy atom. The van der Waals surface area contributed by atoms with Crippen molar-refractivity contribution in [3.05, 3.63) is 89.9 Å². The summed E-state index contributed by atoms with van der Waals surface area (Å²) in [5, 5.41) is -0.550. The van der Waals surface area contributed by atoms with Crippen molar-refractivity contribution in [2.24, 2.45) is 0 Å². The molecule has 0 spiro atoms. The maximum atomic E-state index is 8.75. The van der Waals surface area contributed by atoms with E-state index in [4.69, 9.17) is 30.8 Å². The number of hydrogen-bond acceptors (Lipinski definition) is 3. The number of halogens is 1. The molecule has 0 amide bonds. The Bertz CT molecular complexity index is 1670. The average molecular weight is 358 g/mol. The fraction of sp³-hybridized carbons (Fsp3) is 0. The van der Waals surface area contributed by atoms with Crippen LogP contribution in [0.2, 0.25) is 5.28 Å². The Morgan fingerprint density at radius 2 is 1.08 bits per heavy atom. The molecule has 0 saturated heterocycles. The quantitative estimate of drug-likeness (QED) is 0.484. The van der Waals surface area contributed by atoms with Crippen LogP contribution in [-0.4, -0.2) is 15.0 Å². The predicted octanol–water partition coefficient (Wildman–Crippen LogP) is 5.53. The maximum Gasteiger partial charge on any atom is 0.226 e. The molecule has 0 aliphatic rings. The number of aromatic nitrogens is 3. The third kappa shape index (κ3) is 3.42. The summed E-state index contributed by atoms with van der Waals surface area (Å²) in [4.78, 5) is 11.8. The lowest BCUT2D eigenvalue weighted by Crippen LogP contribution is -1.97. The third-order valence-electron chi connectivity index (χ3n) is 2.93. The van der Waals surface area contributed by atoms with Crippen molar-refractivity contribution in [3.8, 4) is 33.9 Å². The van der Waals surface area contributed by atoms with Crippen LogP contribution in [0.25, 0.3) is 33.9 Å². The summed E-state index contributed by atoms with van der Waals surface area (Å²) >= 11 is 6.06. The molecule has 1 heterocycles. The van der Waals surface area contributed by atoms with Crippen LogP contribution in [-0.2, 0) is 0 Å². The fourth-order valence-corrected chi connectivity index (χ4v) is 2.05. The van der Waals surface area contributed by atoms with E-state index in [1.807, 2.05) is 0 Å². The van der Waals surface area contributed by atoms with Crippen molar-refractivity contribution in [2.75, 3.05) is 0 Å². The highest BCUT2D eigenvalue weighted by Gasteiger charge is 2.10. The summed E-state index contributed by atoms with van der Waals surface area (Å²) in [6.07, 6.45) is 0. The normalized spacial score (nSPS) is 18.4. The molecule has 0 aliphatic heterocycles. The number of rotatable bonds is 3. The molecule has 4 rings (SSSR count). The van der Waals surface area contributed by atoms with Crippen LogP contribution in [0.15, 0.2) is 84.6 Å². The Balaban J connectivity index is 2.11. The summed E-state index contributed by atoms with van der Waals surface area (Å²) in [6, 6.07) is -9.97. The van der Waals surface area contributed by atoms with E-state index in [9.17, 15) is 0 Å². The summed E-state index contributed by atoms with van der Waals surface area (Å²) in [6.45, 7) is 0. The standard InChI is InChI=1S/C21H14ClN3/c22-21-24-19(16-10-5-2-6-11-16)23-20(25-21)18-13-7-12-17(14-18)15-8-3-1-4-9-15/h1-14H/i1D,2D,3D,4D,5D,6D,7D,8D,9D,10D,11D,12D,13D,14D. The molecule has 0 radical (unpaired) electrons. The van der Waals surface area contributed by atoms with Gasteiger partial charge in [-0.3, -0.25) is 0 Å². The fourth-order valence-electron chi connectivity index (χ4n) is 1.89. The van der Waals surface area contributed by atoms with Gasteiger partial charge < -0.3 is 0 Å². The molecular weight excluding hydrogens is 330 g/mol. The smallest absolute Gasteiger partial charge is 0.208 e. The molecule has 3 aromatic carbocycles. The molecule has 0 unspecified atom stereocenters. The minimum absolute atomic E-state index is 0.446. The Labute approximate surface area is 170 Å². The molecule has 4 aromatic rings. The Kier molecular flexibility index (Phi) is 1.74.